The number of hydrazine groups is 1. The molecule has 0 aliphatic carbocycles. The molecule has 8 heteroatoms. The predicted octanol–water partition coefficient (Wildman–Crippen LogP) is 7.39. The van der Waals surface area contributed by atoms with Crippen LogP contribution in [-0.2, 0) is 0 Å². The van der Waals surface area contributed by atoms with Crippen LogP contribution in [0.3, 0.4) is 0 Å². The van der Waals surface area contributed by atoms with Crippen molar-refractivity contribution in [2.45, 2.75) is 39.8 Å². The van der Waals surface area contributed by atoms with Crippen molar-refractivity contribution >= 4 is 34.7 Å². The third-order valence-electron chi connectivity index (χ3n) is 6.41. The Morgan fingerprint density at radius 2 is 1.74 bits per heavy atom. The average Bonchev–Trinajstić information content (AvgIpc) is 3.37. The molecule has 2 aromatic carbocycles. The second kappa shape index (κ2) is 9.10. The first-order valence-electron chi connectivity index (χ1n) is 11.5. The van der Waals surface area contributed by atoms with Gasteiger partial charge in [-0.2, -0.15) is 0 Å². The van der Waals surface area contributed by atoms with E-state index in [0.717, 1.165) is 51.0 Å². The van der Waals surface area contributed by atoms with Gasteiger partial charge in [-0.05, 0) is 74.7 Å². The number of anilines is 2. The predicted molar refractivity (Wildman–Crippen MR) is 143 cm³/mol. The maximum Gasteiger partial charge on any atom is 0.169 e. The van der Waals surface area contributed by atoms with Crippen LogP contribution in [0, 0.1) is 13.8 Å². The van der Waals surface area contributed by atoms with E-state index in [0.29, 0.717) is 10.0 Å². The number of benzene rings is 2. The molecule has 1 unspecified atom stereocenters. The molecular weight excluding hydrogens is 481 g/mol. The van der Waals surface area contributed by atoms with Gasteiger partial charge in [0, 0.05) is 28.5 Å². The Balaban J connectivity index is 1.78. The second-order valence-corrected chi connectivity index (χ2v) is 9.90. The lowest BCUT2D eigenvalue weighted by Crippen LogP contribution is -2.31. The molecule has 1 aliphatic rings. The van der Waals surface area contributed by atoms with Gasteiger partial charge in [-0.15, -0.1) is 0 Å². The van der Waals surface area contributed by atoms with Crippen LogP contribution in [0.4, 0.5) is 11.5 Å². The lowest BCUT2D eigenvalue weighted by Gasteiger charge is -2.31. The number of halogens is 2. The van der Waals surface area contributed by atoms with E-state index in [1.54, 1.807) is 19.5 Å². The largest absolute Gasteiger partial charge is 0.496 e. The quantitative estimate of drug-likeness (QED) is 0.305. The first-order valence-corrected chi connectivity index (χ1v) is 12.2. The summed E-state index contributed by atoms with van der Waals surface area (Å²) >= 11 is 12.8. The van der Waals surface area contributed by atoms with Gasteiger partial charge in [0.25, 0.3) is 0 Å². The molecule has 0 fully saturated rings. The fraction of sp³-hybridized carbons (Fsp3) is 0.259. The first kappa shape index (κ1) is 23.5. The Morgan fingerprint density at radius 1 is 1.00 bits per heavy atom. The van der Waals surface area contributed by atoms with E-state index in [4.69, 9.17) is 32.9 Å². The van der Waals surface area contributed by atoms with Crippen molar-refractivity contribution in [2.75, 3.05) is 17.5 Å². The minimum absolute atomic E-state index is 0.128. The Kier molecular flexibility index (Phi) is 6.11. The van der Waals surface area contributed by atoms with Crippen molar-refractivity contribution < 1.29 is 4.74 Å². The summed E-state index contributed by atoms with van der Waals surface area (Å²) in [4.78, 5) is 9.42. The van der Waals surface area contributed by atoms with E-state index in [9.17, 15) is 0 Å². The van der Waals surface area contributed by atoms with Crippen LogP contribution in [0.25, 0.3) is 11.4 Å². The minimum Gasteiger partial charge on any atom is -0.496 e. The summed E-state index contributed by atoms with van der Waals surface area (Å²) in [6.07, 6.45) is 3.52. The van der Waals surface area contributed by atoms with E-state index in [1.807, 2.05) is 36.4 Å². The molecule has 1 aliphatic heterocycles. The van der Waals surface area contributed by atoms with Crippen LogP contribution in [0.15, 0.2) is 54.9 Å². The summed E-state index contributed by atoms with van der Waals surface area (Å²) in [6.45, 7) is 8.49. The van der Waals surface area contributed by atoms with Gasteiger partial charge in [0.1, 0.15) is 17.6 Å². The zero-order valence-corrected chi connectivity index (χ0v) is 21.8. The van der Waals surface area contributed by atoms with Crippen molar-refractivity contribution in [3.63, 3.8) is 0 Å². The zero-order chi connectivity index (χ0) is 24.9. The van der Waals surface area contributed by atoms with E-state index in [2.05, 4.69) is 53.7 Å². The van der Waals surface area contributed by atoms with E-state index >= 15 is 0 Å². The molecule has 1 N–H and O–H groups in total. The number of fused-ring (bicyclic) bond motifs is 1. The summed E-state index contributed by atoms with van der Waals surface area (Å²) in [7, 11) is 1.66. The molecule has 5 rings (SSSR count). The van der Waals surface area contributed by atoms with Gasteiger partial charge in [0.15, 0.2) is 5.82 Å². The van der Waals surface area contributed by atoms with Gasteiger partial charge in [-0.3, -0.25) is 15.4 Å². The number of rotatable bonds is 5. The Morgan fingerprint density at radius 3 is 2.46 bits per heavy atom. The van der Waals surface area contributed by atoms with Crippen molar-refractivity contribution in [2.24, 2.45) is 0 Å². The van der Waals surface area contributed by atoms with Gasteiger partial charge in [0.05, 0.1) is 24.1 Å². The number of pyridine rings is 1. The standard InChI is InChI=1S/C27H27Cl2N5O/c1-15(2)33-25-24(20-9-8-18(28)12-17(20)4)34(22-13-19(29)7-6-16(22)3)32-26(25)31-27(33)21-14-30-11-10-23(21)35-5/h6-15,24,32H,1-5H3. The summed E-state index contributed by atoms with van der Waals surface area (Å²) in [5, 5.41) is 3.54. The van der Waals surface area contributed by atoms with Gasteiger partial charge in [-0.25, -0.2) is 4.98 Å². The summed E-state index contributed by atoms with van der Waals surface area (Å²) in [5.74, 6) is 2.33. The van der Waals surface area contributed by atoms with E-state index < -0.39 is 0 Å². The van der Waals surface area contributed by atoms with E-state index in [-0.39, 0.29) is 12.1 Å². The van der Waals surface area contributed by atoms with Crippen molar-refractivity contribution in [1.29, 1.82) is 0 Å². The number of imidazole rings is 1. The van der Waals surface area contributed by atoms with Crippen LogP contribution < -0.4 is 15.2 Å². The average molecular weight is 508 g/mol. The zero-order valence-electron chi connectivity index (χ0n) is 20.3. The van der Waals surface area contributed by atoms with Gasteiger partial charge < -0.3 is 9.30 Å². The minimum atomic E-state index is -0.161. The number of nitrogens with zero attached hydrogens (tertiary/aromatic N) is 4. The molecule has 3 heterocycles. The molecule has 0 bridgehead atoms. The number of methoxy groups -OCH3 is 1. The molecule has 180 valence electrons. The van der Waals surface area contributed by atoms with Gasteiger partial charge >= 0.3 is 0 Å². The molecule has 4 aromatic rings. The highest BCUT2D eigenvalue weighted by Gasteiger charge is 2.40. The van der Waals surface area contributed by atoms with Crippen LogP contribution in [0.5, 0.6) is 5.75 Å². The number of hydrogen-bond donors (Lipinski definition) is 1. The van der Waals surface area contributed by atoms with Crippen molar-refractivity contribution in [3.05, 3.63) is 87.3 Å². The summed E-state index contributed by atoms with van der Waals surface area (Å²) in [6, 6.07) is 13.8. The lowest BCUT2D eigenvalue weighted by molar-refractivity contribution is 0.415. The highest BCUT2D eigenvalue weighted by Crippen LogP contribution is 2.47. The summed E-state index contributed by atoms with van der Waals surface area (Å²) < 4.78 is 7.91. The number of hydrogen-bond acceptors (Lipinski definition) is 5. The fourth-order valence-electron chi connectivity index (χ4n) is 4.80. The molecule has 0 radical (unpaired) electrons. The molecule has 0 spiro atoms. The third-order valence-corrected chi connectivity index (χ3v) is 6.88. The summed E-state index contributed by atoms with van der Waals surface area (Å²) in [5.41, 5.74) is 9.81. The van der Waals surface area contributed by atoms with Crippen LogP contribution in [0.1, 0.15) is 48.3 Å². The number of ether oxygens (including phenoxy) is 1. The smallest absolute Gasteiger partial charge is 0.169 e. The molecule has 0 saturated carbocycles. The Bertz CT molecular complexity index is 1410. The topological polar surface area (TPSA) is 55.2 Å². The molecule has 1 atom stereocenters. The molecule has 0 amide bonds. The lowest BCUT2D eigenvalue weighted by atomic mass is 9.97. The van der Waals surface area contributed by atoms with Crippen LogP contribution in [-0.4, -0.2) is 21.6 Å². The fourth-order valence-corrected chi connectivity index (χ4v) is 5.20. The molecule has 6 nitrogen and oxygen atoms in total. The number of nitrogens with one attached hydrogen (secondary N) is 1. The maximum atomic E-state index is 6.43. The molecular formula is C27H27Cl2N5O. The molecule has 0 saturated heterocycles. The first-order chi connectivity index (χ1) is 16.8. The van der Waals surface area contributed by atoms with E-state index in [1.165, 1.54) is 0 Å². The second-order valence-electron chi connectivity index (χ2n) is 9.03. The van der Waals surface area contributed by atoms with Crippen LogP contribution in [0.2, 0.25) is 10.0 Å². The van der Waals surface area contributed by atoms with Crippen molar-refractivity contribution in [1.82, 2.24) is 14.5 Å². The van der Waals surface area contributed by atoms with Crippen LogP contribution >= 0.6 is 23.2 Å². The SMILES string of the molecule is COc1ccncc1-c1nc2c(n1C(C)C)C(c1ccc(Cl)cc1C)N(c1cc(Cl)ccc1C)N2. The molecule has 35 heavy (non-hydrogen) atoms. The highest BCUT2D eigenvalue weighted by molar-refractivity contribution is 6.31. The Labute approximate surface area is 215 Å². The van der Waals surface area contributed by atoms with Gasteiger partial charge in [-0.1, -0.05) is 35.3 Å². The molecule has 2 aromatic heterocycles. The maximum absolute atomic E-state index is 6.43. The Hall–Kier alpha value is -3.22. The van der Waals surface area contributed by atoms with Crippen molar-refractivity contribution in [3.8, 4) is 17.1 Å². The number of aromatic nitrogens is 3. The normalized spacial score (nSPS) is 14.9. The highest BCUT2D eigenvalue weighted by atomic mass is 35.5. The van der Waals surface area contributed by atoms with Gasteiger partial charge in [0.2, 0.25) is 0 Å². The monoisotopic (exact) mass is 507 g/mol. The third kappa shape index (κ3) is 4.01. The number of aryl methyl sites for hydroxylation is 2.